The minimum absolute atomic E-state index is 0.0634. The quantitative estimate of drug-likeness (QED) is 0.457. The Bertz CT molecular complexity index is 723. The Kier molecular flexibility index (Phi) is 10.1. The highest BCUT2D eigenvalue weighted by molar-refractivity contribution is 5.91. The molecule has 0 atom stereocenters. The van der Waals surface area contributed by atoms with Crippen molar-refractivity contribution in [3.05, 3.63) is 72.7 Å². The van der Waals surface area contributed by atoms with Crippen LogP contribution in [-0.2, 0) is 30.9 Å². The van der Waals surface area contributed by atoms with E-state index in [0.29, 0.717) is 12.0 Å². The van der Waals surface area contributed by atoms with Crippen LogP contribution in [0.25, 0.3) is 0 Å². The summed E-state index contributed by atoms with van der Waals surface area (Å²) in [7, 11) is 0. The molecule has 0 aliphatic heterocycles. The van der Waals surface area contributed by atoms with Crippen LogP contribution in [0.5, 0.6) is 0 Å². The van der Waals surface area contributed by atoms with Crippen molar-refractivity contribution in [1.29, 1.82) is 0 Å². The van der Waals surface area contributed by atoms with Gasteiger partial charge in [-0.3, -0.25) is 4.79 Å². The van der Waals surface area contributed by atoms with Gasteiger partial charge in [-0.15, -0.1) is 0 Å². The summed E-state index contributed by atoms with van der Waals surface area (Å²) in [5.74, 6) is -1.84. The number of esters is 2. The van der Waals surface area contributed by atoms with Gasteiger partial charge in [0.15, 0.2) is 0 Å². The maximum Gasteiger partial charge on any atom is 0.343 e. The maximum atomic E-state index is 11.9. The number of ether oxygens (including phenoxy) is 2. The molecule has 6 nitrogen and oxygen atoms in total. The fraction of sp³-hybridized carbons (Fsp3) is 0.286. The van der Waals surface area contributed by atoms with Gasteiger partial charge < -0.3 is 14.6 Å². The van der Waals surface area contributed by atoms with Crippen molar-refractivity contribution in [2.45, 2.75) is 39.5 Å². The maximum absolute atomic E-state index is 11.9. The third kappa shape index (κ3) is 9.79. The molecule has 0 spiro atoms. The standard InChI is InChI=1S/C17H20O4.C4H6O2/c1-5-21-16(20)14-10-9-13(17(2,3)4)11-12(14)7-6-8-15(18)19;1-3-6-4(2)5/h5-6,8-11H,1,7H2,2-4H3,(H,18,19);3H,1H2,2H3/b8-6+;. The van der Waals surface area contributed by atoms with E-state index in [1.54, 1.807) is 6.07 Å². The van der Waals surface area contributed by atoms with Gasteiger partial charge in [0.1, 0.15) is 0 Å². The van der Waals surface area contributed by atoms with E-state index < -0.39 is 11.9 Å². The number of carboxylic acid groups (broad SMARTS) is 1. The average molecular weight is 374 g/mol. The summed E-state index contributed by atoms with van der Waals surface area (Å²) in [5.41, 5.74) is 2.15. The molecule has 0 saturated heterocycles. The first kappa shape index (κ1) is 23.9. The lowest BCUT2D eigenvalue weighted by Crippen LogP contribution is -2.13. The number of benzene rings is 1. The number of hydrogen-bond acceptors (Lipinski definition) is 5. The molecule has 0 aliphatic rings. The first-order valence-electron chi connectivity index (χ1n) is 8.15. The van der Waals surface area contributed by atoms with Gasteiger partial charge in [-0.2, -0.15) is 0 Å². The molecular formula is C21H26O6. The predicted octanol–water partition coefficient (Wildman–Crippen LogP) is 4.16. The third-order valence-electron chi connectivity index (χ3n) is 3.23. The van der Waals surface area contributed by atoms with Crippen molar-refractivity contribution in [3.63, 3.8) is 0 Å². The first-order chi connectivity index (χ1) is 12.5. The number of carbonyl (C=O) groups is 3. The normalized spacial score (nSPS) is 10.4. The summed E-state index contributed by atoms with van der Waals surface area (Å²) in [4.78, 5) is 32.2. The van der Waals surface area contributed by atoms with Crippen molar-refractivity contribution < 1.29 is 29.0 Å². The molecule has 0 bridgehead atoms. The lowest BCUT2D eigenvalue weighted by molar-refractivity contribution is -0.135. The van der Waals surface area contributed by atoms with Crippen molar-refractivity contribution in [2.24, 2.45) is 0 Å². The number of aliphatic carboxylic acids is 1. The van der Waals surface area contributed by atoms with Crippen LogP contribution in [0.1, 0.15) is 49.2 Å². The highest BCUT2D eigenvalue weighted by Crippen LogP contribution is 2.25. The number of carbonyl (C=O) groups excluding carboxylic acids is 2. The van der Waals surface area contributed by atoms with E-state index >= 15 is 0 Å². The molecule has 146 valence electrons. The lowest BCUT2D eigenvalue weighted by Gasteiger charge is -2.20. The fourth-order valence-electron chi connectivity index (χ4n) is 1.97. The van der Waals surface area contributed by atoms with E-state index in [1.807, 2.05) is 12.1 Å². The summed E-state index contributed by atoms with van der Waals surface area (Å²) >= 11 is 0. The van der Waals surface area contributed by atoms with Gasteiger partial charge in [-0.05, 0) is 29.0 Å². The second-order valence-electron chi connectivity index (χ2n) is 6.41. The highest BCUT2D eigenvalue weighted by atomic mass is 16.5. The molecule has 0 radical (unpaired) electrons. The molecule has 0 saturated carbocycles. The molecule has 1 rings (SSSR count). The minimum atomic E-state index is -1.02. The van der Waals surface area contributed by atoms with Gasteiger partial charge in [0, 0.05) is 13.0 Å². The smallest absolute Gasteiger partial charge is 0.343 e. The van der Waals surface area contributed by atoms with Crippen molar-refractivity contribution in [3.8, 4) is 0 Å². The summed E-state index contributed by atoms with van der Waals surface area (Å²) in [5, 5.41) is 8.65. The Morgan fingerprint density at radius 1 is 1.11 bits per heavy atom. The Morgan fingerprint density at radius 2 is 1.70 bits per heavy atom. The second kappa shape index (κ2) is 11.5. The van der Waals surface area contributed by atoms with Crippen LogP contribution in [0.4, 0.5) is 0 Å². The SMILES string of the molecule is C=COC(=O)c1ccc(C(C)(C)C)cc1C/C=C/C(=O)O.C=COC(C)=O. The Balaban J connectivity index is 0.000000972. The molecule has 1 aromatic carbocycles. The summed E-state index contributed by atoms with van der Waals surface area (Å²) < 4.78 is 8.97. The number of rotatable bonds is 6. The van der Waals surface area contributed by atoms with Gasteiger partial charge in [0.05, 0.1) is 18.1 Å². The molecule has 0 unspecified atom stereocenters. The van der Waals surface area contributed by atoms with E-state index in [1.165, 1.54) is 13.0 Å². The average Bonchev–Trinajstić information content (AvgIpc) is 2.54. The van der Waals surface area contributed by atoms with Crippen LogP contribution in [0, 0.1) is 0 Å². The summed E-state index contributed by atoms with van der Waals surface area (Å²) in [6, 6.07) is 5.49. The molecule has 0 heterocycles. The fourth-order valence-corrected chi connectivity index (χ4v) is 1.97. The van der Waals surface area contributed by atoms with Crippen molar-refractivity contribution in [2.75, 3.05) is 0 Å². The van der Waals surface area contributed by atoms with Gasteiger partial charge >= 0.3 is 17.9 Å². The first-order valence-corrected chi connectivity index (χ1v) is 8.15. The number of carboxylic acids is 1. The predicted molar refractivity (Wildman–Crippen MR) is 103 cm³/mol. The highest BCUT2D eigenvalue weighted by Gasteiger charge is 2.18. The zero-order valence-electron chi connectivity index (χ0n) is 16.2. The van der Waals surface area contributed by atoms with Crippen molar-refractivity contribution in [1.82, 2.24) is 0 Å². The molecule has 6 heteroatoms. The number of allylic oxidation sites excluding steroid dienone is 1. The zero-order chi connectivity index (χ0) is 21.0. The third-order valence-corrected chi connectivity index (χ3v) is 3.23. The lowest BCUT2D eigenvalue weighted by atomic mass is 9.84. The molecule has 1 N–H and O–H groups in total. The van der Waals surface area contributed by atoms with Crippen LogP contribution >= 0.6 is 0 Å². The van der Waals surface area contributed by atoms with Crippen molar-refractivity contribution >= 4 is 17.9 Å². The molecule has 0 aromatic heterocycles. The number of hydrogen-bond donors (Lipinski definition) is 1. The van der Waals surface area contributed by atoms with E-state index in [-0.39, 0.29) is 11.4 Å². The van der Waals surface area contributed by atoms with E-state index in [0.717, 1.165) is 29.7 Å². The topological polar surface area (TPSA) is 89.9 Å². The molecule has 0 aliphatic carbocycles. The van der Waals surface area contributed by atoms with Gasteiger partial charge in [-0.1, -0.05) is 52.1 Å². The Labute approximate surface area is 159 Å². The summed E-state index contributed by atoms with van der Waals surface area (Å²) in [6.07, 6.45) is 5.10. The molecule has 0 amide bonds. The molecule has 1 aromatic rings. The monoisotopic (exact) mass is 374 g/mol. The van der Waals surface area contributed by atoms with E-state index in [2.05, 4.69) is 38.7 Å². The zero-order valence-corrected chi connectivity index (χ0v) is 16.2. The van der Waals surface area contributed by atoms with Crippen LogP contribution in [-0.4, -0.2) is 23.0 Å². The minimum Gasteiger partial charge on any atom is -0.478 e. The van der Waals surface area contributed by atoms with E-state index in [4.69, 9.17) is 9.84 Å². The molecular weight excluding hydrogens is 348 g/mol. The van der Waals surface area contributed by atoms with Crippen LogP contribution in [0.15, 0.2) is 56.0 Å². The van der Waals surface area contributed by atoms with Gasteiger partial charge in [-0.25, -0.2) is 9.59 Å². The van der Waals surface area contributed by atoms with Gasteiger partial charge in [0.25, 0.3) is 0 Å². The molecule has 27 heavy (non-hydrogen) atoms. The molecule has 0 fully saturated rings. The van der Waals surface area contributed by atoms with Crippen LogP contribution in [0.3, 0.4) is 0 Å². The van der Waals surface area contributed by atoms with Crippen LogP contribution < -0.4 is 0 Å². The van der Waals surface area contributed by atoms with Crippen LogP contribution in [0.2, 0.25) is 0 Å². The summed E-state index contributed by atoms with van der Waals surface area (Å²) in [6.45, 7) is 14.1. The van der Waals surface area contributed by atoms with E-state index in [9.17, 15) is 14.4 Å². The Morgan fingerprint density at radius 3 is 2.11 bits per heavy atom. The largest absolute Gasteiger partial charge is 0.478 e. The Hall–Kier alpha value is -3.15. The van der Waals surface area contributed by atoms with Gasteiger partial charge in [0.2, 0.25) is 0 Å². The second-order valence-corrected chi connectivity index (χ2v) is 6.41.